The fourth-order valence-electron chi connectivity index (χ4n) is 2.43. The summed E-state index contributed by atoms with van der Waals surface area (Å²) >= 11 is 0. The number of nitrogens with one attached hydrogen (secondary N) is 2. The first kappa shape index (κ1) is 17.0. The average Bonchev–Trinajstić information content (AvgIpc) is 2.60. The smallest absolute Gasteiger partial charge is 0.245 e. The van der Waals surface area contributed by atoms with Crippen molar-refractivity contribution in [1.29, 1.82) is 0 Å². The molecule has 0 spiro atoms. The van der Waals surface area contributed by atoms with Crippen molar-refractivity contribution in [2.75, 3.05) is 17.2 Å². The van der Waals surface area contributed by atoms with Gasteiger partial charge in [0.1, 0.15) is 6.04 Å². The summed E-state index contributed by atoms with van der Waals surface area (Å²) in [5.74, 6) is -0.201. The van der Waals surface area contributed by atoms with Gasteiger partial charge in [-0.1, -0.05) is 44.2 Å². The number of carbonyl (C=O) groups excluding carboxylic acids is 1. The molecule has 2 aromatic rings. The zero-order chi connectivity index (χ0) is 16.7. The quantitative estimate of drug-likeness (QED) is 0.730. The highest BCUT2D eigenvalue weighted by Gasteiger charge is 2.15. The Morgan fingerprint density at radius 1 is 1.13 bits per heavy atom. The summed E-state index contributed by atoms with van der Waals surface area (Å²) in [5, 5.41) is 6.31. The van der Waals surface area contributed by atoms with Gasteiger partial charge in [0.25, 0.3) is 0 Å². The Morgan fingerprint density at radius 3 is 2.52 bits per heavy atom. The summed E-state index contributed by atoms with van der Waals surface area (Å²) in [7, 11) is 0. The molecule has 4 N–H and O–H groups in total. The summed E-state index contributed by atoms with van der Waals surface area (Å²) < 4.78 is 0. The van der Waals surface area contributed by atoms with Gasteiger partial charge in [0.05, 0.1) is 0 Å². The molecular formula is C19H25N3O. The molecule has 2 rings (SSSR count). The summed E-state index contributed by atoms with van der Waals surface area (Å²) in [6.45, 7) is 5.18. The van der Waals surface area contributed by atoms with Gasteiger partial charge in [-0.05, 0) is 42.2 Å². The van der Waals surface area contributed by atoms with Crippen LogP contribution >= 0.6 is 0 Å². The standard InChI is InChI=1S/C19H25N3O/c1-3-12-21-17-11-10-16(13-14(17)4-2)22-19(23)18(20)15-8-6-5-7-9-15/h5-11,13,18,21H,3-4,12,20H2,1-2H3,(H,22,23)/t18-/m1/s1. The third-order valence-electron chi connectivity index (χ3n) is 3.76. The molecule has 2 aromatic carbocycles. The van der Waals surface area contributed by atoms with Crippen molar-refractivity contribution in [1.82, 2.24) is 0 Å². The maximum absolute atomic E-state index is 12.3. The van der Waals surface area contributed by atoms with Crippen LogP contribution in [0.1, 0.15) is 37.4 Å². The third-order valence-corrected chi connectivity index (χ3v) is 3.76. The van der Waals surface area contributed by atoms with E-state index in [-0.39, 0.29) is 5.91 Å². The number of hydrogen-bond acceptors (Lipinski definition) is 3. The maximum Gasteiger partial charge on any atom is 0.245 e. The topological polar surface area (TPSA) is 67.1 Å². The van der Waals surface area contributed by atoms with Crippen molar-refractivity contribution in [2.45, 2.75) is 32.7 Å². The van der Waals surface area contributed by atoms with Crippen molar-refractivity contribution in [2.24, 2.45) is 5.73 Å². The third kappa shape index (κ3) is 4.57. The van der Waals surface area contributed by atoms with Crippen LogP contribution in [0.15, 0.2) is 48.5 Å². The van der Waals surface area contributed by atoms with Crippen LogP contribution in [0.25, 0.3) is 0 Å². The second-order valence-corrected chi connectivity index (χ2v) is 5.53. The number of carbonyl (C=O) groups is 1. The van der Waals surface area contributed by atoms with Crippen LogP contribution in [0, 0.1) is 0 Å². The van der Waals surface area contributed by atoms with Gasteiger partial charge in [-0.2, -0.15) is 0 Å². The number of amides is 1. The number of nitrogens with two attached hydrogens (primary N) is 1. The second kappa shape index (κ2) is 8.34. The Morgan fingerprint density at radius 2 is 1.87 bits per heavy atom. The molecule has 23 heavy (non-hydrogen) atoms. The lowest BCUT2D eigenvalue weighted by Gasteiger charge is -2.15. The van der Waals surface area contributed by atoms with Crippen molar-refractivity contribution in [3.05, 3.63) is 59.7 Å². The van der Waals surface area contributed by atoms with Crippen molar-refractivity contribution in [3.8, 4) is 0 Å². The number of anilines is 2. The molecular weight excluding hydrogens is 286 g/mol. The molecule has 1 atom stereocenters. The Labute approximate surface area is 138 Å². The predicted octanol–water partition coefficient (Wildman–Crippen LogP) is 3.71. The normalized spacial score (nSPS) is 11.8. The van der Waals surface area contributed by atoms with Gasteiger partial charge in [0, 0.05) is 17.9 Å². The van der Waals surface area contributed by atoms with E-state index in [0.29, 0.717) is 0 Å². The second-order valence-electron chi connectivity index (χ2n) is 5.53. The van der Waals surface area contributed by atoms with E-state index >= 15 is 0 Å². The highest BCUT2D eigenvalue weighted by Crippen LogP contribution is 2.22. The molecule has 0 fully saturated rings. The zero-order valence-corrected chi connectivity index (χ0v) is 13.8. The Hall–Kier alpha value is -2.33. The molecule has 122 valence electrons. The molecule has 0 aliphatic carbocycles. The first-order chi connectivity index (χ1) is 11.2. The van der Waals surface area contributed by atoms with E-state index in [0.717, 1.165) is 36.3 Å². The van der Waals surface area contributed by atoms with E-state index in [1.807, 2.05) is 48.5 Å². The summed E-state index contributed by atoms with van der Waals surface area (Å²) in [6.07, 6.45) is 1.98. The van der Waals surface area contributed by atoms with Crippen LogP contribution in [0.4, 0.5) is 11.4 Å². The van der Waals surface area contributed by atoms with E-state index in [9.17, 15) is 4.79 Å². The predicted molar refractivity (Wildman–Crippen MR) is 96.6 cm³/mol. The molecule has 0 radical (unpaired) electrons. The van der Waals surface area contributed by atoms with Gasteiger partial charge in [0.15, 0.2) is 0 Å². The minimum atomic E-state index is -0.667. The Balaban J connectivity index is 2.09. The van der Waals surface area contributed by atoms with E-state index in [1.54, 1.807) is 0 Å². The van der Waals surface area contributed by atoms with Crippen LogP contribution in [-0.4, -0.2) is 12.5 Å². The first-order valence-electron chi connectivity index (χ1n) is 8.13. The fraction of sp³-hybridized carbons (Fsp3) is 0.316. The molecule has 0 aromatic heterocycles. The molecule has 4 heteroatoms. The average molecular weight is 311 g/mol. The lowest BCUT2D eigenvalue weighted by Crippen LogP contribution is -2.27. The lowest BCUT2D eigenvalue weighted by atomic mass is 10.1. The molecule has 4 nitrogen and oxygen atoms in total. The monoisotopic (exact) mass is 311 g/mol. The van der Waals surface area contributed by atoms with Crippen LogP contribution in [-0.2, 0) is 11.2 Å². The summed E-state index contributed by atoms with van der Waals surface area (Å²) in [6, 6.07) is 14.7. The van der Waals surface area contributed by atoms with Crippen LogP contribution in [0.3, 0.4) is 0 Å². The highest BCUT2D eigenvalue weighted by atomic mass is 16.2. The van der Waals surface area contributed by atoms with E-state index in [2.05, 4.69) is 24.5 Å². The molecule has 0 saturated carbocycles. The van der Waals surface area contributed by atoms with Gasteiger partial charge >= 0.3 is 0 Å². The van der Waals surface area contributed by atoms with E-state index < -0.39 is 6.04 Å². The number of rotatable bonds is 7. The van der Waals surface area contributed by atoms with Crippen LogP contribution in [0.5, 0.6) is 0 Å². The number of hydrogen-bond donors (Lipinski definition) is 3. The first-order valence-corrected chi connectivity index (χ1v) is 8.13. The molecule has 0 saturated heterocycles. The van der Waals surface area contributed by atoms with Crippen LogP contribution < -0.4 is 16.4 Å². The minimum absolute atomic E-state index is 0.201. The molecule has 0 bridgehead atoms. The van der Waals surface area contributed by atoms with Crippen LogP contribution in [0.2, 0.25) is 0 Å². The Kier molecular flexibility index (Phi) is 6.18. The summed E-state index contributed by atoms with van der Waals surface area (Å²) in [5.41, 5.74) is 9.92. The molecule has 0 aliphatic rings. The number of benzene rings is 2. The van der Waals surface area contributed by atoms with Gasteiger partial charge in [-0.25, -0.2) is 0 Å². The Bertz CT molecular complexity index is 640. The van der Waals surface area contributed by atoms with Gasteiger partial charge in [-0.15, -0.1) is 0 Å². The van der Waals surface area contributed by atoms with Gasteiger partial charge < -0.3 is 16.4 Å². The van der Waals surface area contributed by atoms with Crippen molar-refractivity contribution in [3.63, 3.8) is 0 Å². The molecule has 0 aliphatic heterocycles. The molecule has 0 unspecified atom stereocenters. The molecule has 0 heterocycles. The van der Waals surface area contributed by atoms with Crippen molar-refractivity contribution < 1.29 is 4.79 Å². The largest absolute Gasteiger partial charge is 0.385 e. The van der Waals surface area contributed by atoms with Gasteiger partial charge in [-0.3, -0.25) is 4.79 Å². The SMILES string of the molecule is CCCNc1ccc(NC(=O)[C@H](N)c2ccccc2)cc1CC. The number of aryl methyl sites for hydroxylation is 1. The molecule has 1 amide bonds. The highest BCUT2D eigenvalue weighted by molar-refractivity contribution is 5.95. The van der Waals surface area contributed by atoms with E-state index in [1.165, 1.54) is 5.56 Å². The van der Waals surface area contributed by atoms with Gasteiger partial charge in [0.2, 0.25) is 5.91 Å². The minimum Gasteiger partial charge on any atom is -0.385 e. The summed E-state index contributed by atoms with van der Waals surface area (Å²) in [4.78, 5) is 12.3. The lowest BCUT2D eigenvalue weighted by molar-refractivity contribution is -0.117. The fourth-order valence-corrected chi connectivity index (χ4v) is 2.43. The van der Waals surface area contributed by atoms with Crippen molar-refractivity contribution >= 4 is 17.3 Å². The van der Waals surface area contributed by atoms with E-state index in [4.69, 9.17) is 5.73 Å². The maximum atomic E-state index is 12.3. The zero-order valence-electron chi connectivity index (χ0n) is 13.8.